The van der Waals surface area contributed by atoms with Gasteiger partial charge in [0.15, 0.2) is 0 Å². The van der Waals surface area contributed by atoms with Gasteiger partial charge in [0.2, 0.25) is 23.5 Å². The van der Waals surface area contributed by atoms with Crippen LogP contribution in [0, 0.1) is 0 Å². The molecule has 0 saturated carbocycles. The number of esters is 1. The Morgan fingerprint density at radius 1 is 1.20 bits per heavy atom. The second-order valence-electron chi connectivity index (χ2n) is 5.44. The van der Waals surface area contributed by atoms with Gasteiger partial charge in [-0.15, -0.1) is 0 Å². The summed E-state index contributed by atoms with van der Waals surface area (Å²) >= 11 is 0. The first kappa shape index (κ1) is 16.7. The molecule has 8 heteroatoms. The Morgan fingerprint density at radius 2 is 1.88 bits per heavy atom. The number of carbonyl (C=O) groups is 4. The topological polar surface area (TPSA) is 106 Å². The van der Waals surface area contributed by atoms with Crippen molar-refractivity contribution in [3.63, 3.8) is 0 Å². The first-order valence-electron chi connectivity index (χ1n) is 7.83. The zero-order chi connectivity index (χ0) is 18.0. The molecular weight excluding hydrogens is 328 g/mol. The number of anilines is 1. The van der Waals surface area contributed by atoms with Gasteiger partial charge in [-0.2, -0.15) is 0 Å². The number of hydrogen-bond acceptors (Lipinski definition) is 6. The van der Waals surface area contributed by atoms with Crippen molar-refractivity contribution in [1.29, 1.82) is 0 Å². The van der Waals surface area contributed by atoms with Crippen LogP contribution < -0.4 is 5.32 Å². The van der Waals surface area contributed by atoms with Crippen molar-refractivity contribution >= 4 is 40.3 Å². The van der Waals surface area contributed by atoms with Gasteiger partial charge in [-0.1, -0.05) is 12.1 Å². The normalized spacial score (nSPS) is 14.2. The van der Waals surface area contributed by atoms with Gasteiger partial charge in [0, 0.05) is 18.2 Å². The van der Waals surface area contributed by atoms with E-state index in [9.17, 15) is 19.2 Å². The summed E-state index contributed by atoms with van der Waals surface area (Å²) in [6.45, 7) is 1.41. The lowest BCUT2D eigenvalue weighted by molar-refractivity contribution is -0.141. The van der Waals surface area contributed by atoms with E-state index in [0.29, 0.717) is 11.0 Å². The highest BCUT2D eigenvalue weighted by atomic mass is 16.5. The third-order valence-corrected chi connectivity index (χ3v) is 3.78. The van der Waals surface area contributed by atoms with E-state index < -0.39 is 18.4 Å². The van der Waals surface area contributed by atoms with Crippen LogP contribution in [-0.4, -0.2) is 41.7 Å². The fourth-order valence-corrected chi connectivity index (χ4v) is 2.63. The number of likely N-dealkylation sites (tertiary alicyclic amines) is 1. The molecule has 3 rings (SSSR count). The molecule has 1 aromatic carbocycles. The van der Waals surface area contributed by atoms with E-state index in [1.54, 1.807) is 31.2 Å². The summed E-state index contributed by atoms with van der Waals surface area (Å²) in [7, 11) is 0. The standard InChI is InChI=1S/C17H16N2O6/c1-2-24-17(23)16-15(10-5-3-4-6-11(10)25-16)18-12(20)9-19-13(21)7-8-14(19)22/h3-6H,2,7-9H2,1H3,(H,18,20). The minimum absolute atomic E-state index is 0.106. The van der Waals surface area contributed by atoms with Gasteiger partial charge in [-0.3, -0.25) is 19.3 Å². The number of amides is 3. The molecule has 0 unspecified atom stereocenters. The van der Waals surface area contributed by atoms with Crippen molar-refractivity contribution in [1.82, 2.24) is 4.90 Å². The Labute approximate surface area is 142 Å². The molecule has 1 fully saturated rings. The Bertz CT molecular complexity index is 853. The SMILES string of the molecule is CCOC(=O)c1oc2ccccc2c1NC(=O)CN1C(=O)CCC1=O. The first-order valence-corrected chi connectivity index (χ1v) is 7.83. The van der Waals surface area contributed by atoms with Gasteiger partial charge in [0.05, 0.1) is 6.61 Å². The van der Waals surface area contributed by atoms with Crippen LogP contribution in [0.25, 0.3) is 11.0 Å². The molecule has 0 spiro atoms. The Morgan fingerprint density at radius 3 is 2.56 bits per heavy atom. The van der Waals surface area contributed by atoms with Crippen LogP contribution in [0.3, 0.4) is 0 Å². The highest BCUT2D eigenvalue weighted by Crippen LogP contribution is 2.31. The average Bonchev–Trinajstić information content (AvgIpc) is 3.10. The Hall–Kier alpha value is -3.16. The molecule has 1 saturated heterocycles. The van der Waals surface area contributed by atoms with E-state index in [2.05, 4.69) is 5.32 Å². The number of imide groups is 1. The van der Waals surface area contributed by atoms with Crippen molar-refractivity contribution in [3.05, 3.63) is 30.0 Å². The number of ether oxygens (including phenoxy) is 1. The molecule has 0 bridgehead atoms. The van der Waals surface area contributed by atoms with Crippen LogP contribution in [0.4, 0.5) is 5.69 Å². The second-order valence-corrected chi connectivity index (χ2v) is 5.44. The quantitative estimate of drug-likeness (QED) is 0.653. The zero-order valence-corrected chi connectivity index (χ0v) is 13.5. The van der Waals surface area contributed by atoms with Gasteiger partial charge in [-0.25, -0.2) is 4.79 Å². The molecule has 2 aromatic rings. The number of benzene rings is 1. The van der Waals surface area contributed by atoms with Crippen molar-refractivity contribution in [2.75, 3.05) is 18.5 Å². The molecule has 2 heterocycles. The zero-order valence-electron chi connectivity index (χ0n) is 13.5. The van der Waals surface area contributed by atoms with E-state index >= 15 is 0 Å². The van der Waals surface area contributed by atoms with E-state index in [-0.39, 0.29) is 42.7 Å². The number of fused-ring (bicyclic) bond motifs is 1. The summed E-state index contributed by atoms with van der Waals surface area (Å²) in [6, 6.07) is 6.80. The third-order valence-electron chi connectivity index (χ3n) is 3.78. The van der Waals surface area contributed by atoms with E-state index in [0.717, 1.165) is 4.90 Å². The average molecular weight is 344 g/mol. The van der Waals surface area contributed by atoms with Gasteiger partial charge >= 0.3 is 5.97 Å². The molecule has 8 nitrogen and oxygen atoms in total. The van der Waals surface area contributed by atoms with Crippen molar-refractivity contribution in [2.24, 2.45) is 0 Å². The summed E-state index contributed by atoms with van der Waals surface area (Å²) in [5, 5.41) is 3.09. The summed E-state index contributed by atoms with van der Waals surface area (Å²) in [4.78, 5) is 48.5. The van der Waals surface area contributed by atoms with Crippen molar-refractivity contribution in [3.8, 4) is 0 Å². The molecule has 0 aliphatic carbocycles. The minimum Gasteiger partial charge on any atom is -0.460 e. The van der Waals surface area contributed by atoms with Gasteiger partial charge in [0.25, 0.3) is 0 Å². The lowest BCUT2D eigenvalue weighted by Crippen LogP contribution is -2.37. The number of hydrogen-bond donors (Lipinski definition) is 1. The predicted octanol–water partition coefficient (Wildman–Crippen LogP) is 1.70. The molecule has 1 aromatic heterocycles. The summed E-state index contributed by atoms with van der Waals surface area (Å²) < 4.78 is 10.4. The largest absolute Gasteiger partial charge is 0.460 e. The van der Waals surface area contributed by atoms with Crippen LogP contribution in [0.2, 0.25) is 0 Å². The third kappa shape index (κ3) is 3.23. The maximum atomic E-state index is 12.3. The van der Waals surface area contributed by atoms with Crippen LogP contribution >= 0.6 is 0 Å². The number of nitrogens with zero attached hydrogens (tertiary/aromatic N) is 1. The number of furan rings is 1. The van der Waals surface area contributed by atoms with Crippen molar-refractivity contribution in [2.45, 2.75) is 19.8 Å². The number of carbonyl (C=O) groups excluding carboxylic acids is 4. The maximum Gasteiger partial charge on any atom is 0.376 e. The number of rotatable bonds is 5. The van der Waals surface area contributed by atoms with Crippen LogP contribution in [0.5, 0.6) is 0 Å². The minimum atomic E-state index is -0.706. The Balaban J connectivity index is 1.87. The number of nitrogens with one attached hydrogen (secondary N) is 1. The van der Waals surface area contributed by atoms with E-state index in [4.69, 9.17) is 9.15 Å². The summed E-state index contributed by atoms with van der Waals surface area (Å²) in [6.07, 6.45) is 0.212. The lowest BCUT2D eigenvalue weighted by Gasteiger charge is -2.13. The molecular formula is C17H16N2O6. The van der Waals surface area contributed by atoms with Gasteiger partial charge < -0.3 is 14.5 Å². The molecule has 3 amide bonds. The molecule has 1 aliphatic rings. The van der Waals surface area contributed by atoms with E-state index in [1.807, 2.05) is 0 Å². The highest BCUT2D eigenvalue weighted by Gasteiger charge is 2.31. The monoisotopic (exact) mass is 344 g/mol. The fourth-order valence-electron chi connectivity index (χ4n) is 2.63. The molecule has 1 N–H and O–H groups in total. The smallest absolute Gasteiger partial charge is 0.376 e. The molecule has 1 aliphatic heterocycles. The summed E-state index contributed by atoms with van der Waals surface area (Å²) in [5.41, 5.74) is 0.576. The molecule has 25 heavy (non-hydrogen) atoms. The lowest BCUT2D eigenvalue weighted by atomic mass is 10.2. The van der Waals surface area contributed by atoms with Crippen LogP contribution in [0.15, 0.2) is 28.7 Å². The number of para-hydroxylation sites is 1. The van der Waals surface area contributed by atoms with Crippen molar-refractivity contribution < 1.29 is 28.3 Å². The van der Waals surface area contributed by atoms with E-state index in [1.165, 1.54) is 0 Å². The Kier molecular flexibility index (Phi) is 4.51. The van der Waals surface area contributed by atoms with Crippen LogP contribution in [0.1, 0.15) is 30.3 Å². The molecule has 0 atom stereocenters. The molecule has 0 radical (unpaired) electrons. The summed E-state index contributed by atoms with van der Waals surface area (Å²) in [5.74, 6) is -2.20. The van der Waals surface area contributed by atoms with Gasteiger partial charge in [-0.05, 0) is 19.1 Å². The van der Waals surface area contributed by atoms with Crippen LogP contribution in [-0.2, 0) is 19.1 Å². The van der Waals surface area contributed by atoms with Gasteiger partial charge in [0.1, 0.15) is 17.8 Å². The maximum absolute atomic E-state index is 12.3. The second kappa shape index (κ2) is 6.76. The first-order chi connectivity index (χ1) is 12.0. The highest BCUT2D eigenvalue weighted by molar-refractivity contribution is 6.11. The fraction of sp³-hybridized carbons (Fsp3) is 0.294. The molecule has 130 valence electrons. The predicted molar refractivity (Wildman–Crippen MR) is 86.8 cm³/mol.